The molecule has 2 unspecified atom stereocenters. The fraction of sp³-hybridized carbons (Fsp3) is 0.714. The molecule has 2 N–H and O–H groups in total. The van der Waals surface area contributed by atoms with Crippen LogP contribution in [0.3, 0.4) is 0 Å². The van der Waals surface area contributed by atoms with Crippen LogP contribution in [0.5, 0.6) is 0 Å². The molecule has 0 amide bonds. The summed E-state index contributed by atoms with van der Waals surface area (Å²) < 4.78 is 0. The van der Waals surface area contributed by atoms with Crippen molar-refractivity contribution in [2.75, 3.05) is 23.7 Å². The van der Waals surface area contributed by atoms with Gasteiger partial charge in [-0.3, -0.25) is 0 Å². The highest BCUT2D eigenvalue weighted by molar-refractivity contribution is 5.56. The van der Waals surface area contributed by atoms with Gasteiger partial charge < -0.3 is 10.6 Å². The Morgan fingerprint density at radius 3 is 2.78 bits per heavy atom. The van der Waals surface area contributed by atoms with Gasteiger partial charge in [0.1, 0.15) is 18.0 Å². The molecule has 18 heavy (non-hydrogen) atoms. The van der Waals surface area contributed by atoms with Crippen LogP contribution in [-0.4, -0.2) is 23.1 Å². The first-order valence-corrected chi connectivity index (χ1v) is 6.97. The van der Waals surface area contributed by atoms with Crippen LogP contribution < -0.4 is 10.6 Å². The second kappa shape index (κ2) is 5.55. The zero-order chi connectivity index (χ0) is 13.1. The molecule has 2 rings (SSSR count). The van der Waals surface area contributed by atoms with Gasteiger partial charge in [-0.25, -0.2) is 9.97 Å². The topological polar surface area (TPSA) is 55.0 Å². The summed E-state index contributed by atoms with van der Waals surface area (Å²) in [5, 5.41) is 0. The second-order valence-corrected chi connectivity index (χ2v) is 5.50. The van der Waals surface area contributed by atoms with E-state index in [2.05, 4.69) is 35.6 Å². The molecule has 100 valence electrons. The van der Waals surface area contributed by atoms with Crippen molar-refractivity contribution in [3.63, 3.8) is 0 Å². The average Bonchev–Trinajstić information content (AvgIpc) is 2.35. The van der Waals surface area contributed by atoms with Gasteiger partial charge >= 0.3 is 0 Å². The number of nitrogens with two attached hydrogens (primary N) is 1. The quantitative estimate of drug-likeness (QED) is 0.893. The predicted octanol–water partition coefficient (Wildman–Crippen LogP) is 2.49. The van der Waals surface area contributed by atoms with Gasteiger partial charge in [-0.15, -0.1) is 0 Å². The first-order chi connectivity index (χ1) is 8.63. The average molecular weight is 248 g/mol. The third-order valence-corrected chi connectivity index (χ3v) is 4.09. The highest BCUT2D eigenvalue weighted by Gasteiger charge is 2.25. The van der Waals surface area contributed by atoms with E-state index in [-0.39, 0.29) is 0 Å². The van der Waals surface area contributed by atoms with Gasteiger partial charge in [0.05, 0.1) is 0 Å². The van der Waals surface area contributed by atoms with Crippen LogP contribution in [0.25, 0.3) is 0 Å². The molecule has 2 heterocycles. The van der Waals surface area contributed by atoms with Gasteiger partial charge in [-0.1, -0.05) is 27.2 Å². The van der Waals surface area contributed by atoms with E-state index in [1.807, 2.05) is 0 Å². The number of hydrogen-bond acceptors (Lipinski definition) is 4. The molecule has 1 aromatic heterocycles. The first kappa shape index (κ1) is 13.1. The lowest BCUT2D eigenvalue weighted by atomic mass is 9.88. The number of nitrogen functional groups attached to an aromatic ring is 1. The van der Waals surface area contributed by atoms with E-state index < -0.39 is 0 Å². The summed E-state index contributed by atoms with van der Waals surface area (Å²) in [5.41, 5.74) is 7.12. The monoisotopic (exact) mass is 248 g/mol. The zero-order valence-corrected chi connectivity index (χ0v) is 11.7. The molecule has 0 spiro atoms. The Labute approximate surface area is 110 Å². The van der Waals surface area contributed by atoms with E-state index in [0.29, 0.717) is 11.7 Å². The van der Waals surface area contributed by atoms with Gasteiger partial charge in [-0.05, 0) is 24.7 Å². The van der Waals surface area contributed by atoms with Crippen molar-refractivity contribution in [1.29, 1.82) is 0 Å². The Morgan fingerprint density at radius 2 is 2.11 bits per heavy atom. The van der Waals surface area contributed by atoms with Gasteiger partial charge in [0, 0.05) is 18.7 Å². The fourth-order valence-electron chi connectivity index (χ4n) is 2.63. The molecule has 1 saturated heterocycles. The molecule has 1 fully saturated rings. The van der Waals surface area contributed by atoms with Crippen molar-refractivity contribution >= 4 is 11.6 Å². The smallest absolute Gasteiger partial charge is 0.137 e. The fourth-order valence-corrected chi connectivity index (χ4v) is 2.63. The summed E-state index contributed by atoms with van der Waals surface area (Å²) in [4.78, 5) is 11.0. The molecular weight excluding hydrogens is 224 g/mol. The number of nitrogens with zero attached hydrogens (tertiary/aromatic N) is 3. The summed E-state index contributed by atoms with van der Waals surface area (Å²) in [6.45, 7) is 8.98. The molecule has 0 bridgehead atoms. The molecule has 0 radical (unpaired) electrons. The van der Waals surface area contributed by atoms with Crippen molar-refractivity contribution in [3.8, 4) is 0 Å². The van der Waals surface area contributed by atoms with Crippen molar-refractivity contribution in [2.45, 2.75) is 40.0 Å². The molecule has 1 aliphatic rings. The summed E-state index contributed by atoms with van der Waals surface area (Å²) in [6.07, 6.45) is 4.86. The predicted molar refractivity (Wildman–Crippen MR) is 75.6 cm³/mol. The summed E-state index contributed by atoms with van der Waals surface area (Å²) in [6, 6.07) is 0. The van der Waals surface area contributed by atoms with Gasteiger partial charge in [0.25, 0.3) is 0 Å². The van der Waals surface area contributed by atoms with Crippen LogP contribution in [0, 0.1) is 11.8 Å². The van der Waals surface area contributed by atoms with Gasteiger partial charge in [0.15, 0.2) is 0 Å². The molecule has 1 aliphatic heterocycles. The summed E-state index contributed by atoms with van der Waals surface area (Å²) in [5.74, 6) is 3.22. The van der Waals surface area contributed by atoms with Crippen LogP contribution in [-0.2, 0) is 6.42 Å². The maximum absolute atomic E-state index is 6.00. The Hall–Kier alpha value is -1.32. The van der Waals surface area contributed by atoms with Crippen molar-refractivity contribution < 1.29 is 0 Å². The van der Waals surface area contributed by atoms with Crippen LogP contribution >= 0.6 is 0 Å². The van der Waals surface area contributed by atoms with Gasteiger partial charge in [0.2, 0.25) is 0 Å². The molecule has 2 atom stereocenters. The molecular formula is C14H24N4. The Balaban J connectivity index is 2.25. The zero-order valence-electron chi connectivity index (χ0n) is 11.7. The van der Waals surface area contributed by atoms with Crippen LogP contribution in [0.1, 0.15) is 39.2 Å². The summed E-state index contributed by atoms with van der Waals surface area (Å²) >= 11 is 0. The van der Waals surface area contributed by atoms with Gasteiger partial charge in [-0.2, -0.15) is 0 Å². The second-order valence-electron chi connectivity index (χ2n) is 5.50. The molecule has 1 aromatic rings. The van der Waals surface area contributed by atoms with E-state index >= 15 is 0 Å². The third kappa shape index (κ3) is 2.57. The lowest BCUT2D eigenvalue weighted by Gasteiger charge is -2.37. The van der Waals surface area contributed by atoms with Crippen molar-refractivity contribution in [1.82, 2.24) is 9.97 Å². The number of aromatic nitrogens is 2. The number of rotatable bonds is 3. The Bertz CT molecular complexity index is 405. The van der Waals surface area contributed by atoms with E-state index in [9.17, 15) is 0 Å². The lowest BCUT2D eigenvalue weighted by Crippen LogP contribution is -2.39. The normalized spacial score (nSPS) is 24.3. The first-order valence-electron chi connectivity index (χ1n) is 6.97. The van der Waals surface area contributed by atoms with E-state index in [1.165, 1.54) is 6.42 Å². The highest BCUT2D eigenvalue weighted by atomic mass is 15.2. The SMILES string of the molecule is CCCc1c(N)ncnc1N1CCC(C)C(C)C1. The number of piperidine rings is 1. The lowest BCUT2D eigenvalue weighted by molar-refractivity contribution is 0.322. The minimum Gasteiger partial charge on any atom is -0.383 e. The van der Waals surface area contributed by atoms with E-state index in [0.717, 1.165) is 43.2 Å². The largest absolute Gasteiger partial charge is 0.383 e. The van der Waals surface area contributed by atoms with Crippen LogP contribution in [0.4, 0.5) is 11.6 Å². The minimum atomic E-state index is 0.646. The van der Waals surface area contributed by atoms with Crippen LogP contribution in [0.2, 0.25) is 0 Å². The highest BCUT2D eigenvalue weighted by Crippen LogP contribution is 2.29. The molecule has 0 saturated carbocycles. The van der Waals surface area contributed by atoms with E-state index in [1.54, 1.807) is 6.33 Å². The minimum absolute atomic E-state index is 0.646. The Morgan fingerprint density at radius 1 is 1.33 bits per heavy atom. The molecule has 0 aliphatic carbocycles. The maximum atomic E-state index is 6.00. The maximum Gasteiger partial charge on any atom is 0.137 e. The Kier molecular flexibility index (Phi) is 4.04. The molecule has 0 aromatic carbocycles. The van der Waals surface area contributed by atoms with Crippen molar-refractivity contribution in [2.24, 2.45) is 11.8 Å². The molecule has 4 heteroatoms. The number of anilines is 2. The molecule has 4 nitrogen and oxygen atoms in total. The van der Waals surface area contributed by atoms with Crippen LogP contribution in [0.15, 0.2) is 6.33 Å². The third-order valence-electron chi connectivity index (χ3n) is 4.09. The summed E-state index contributed by atoms with van der Waals surface area (Å²) in [7, 11) is 0. The number of hydrogen-bond donors (Lipinski definition) is 1. The van der Waals surface area contributed by atoms with E-state index in [4.69, 9.17) is 5.73 Å². The van der Waals surface area contributed by atoms with Crippen molar-refractivity contribution in [3.05, 3.63) is 11.9 Å². The standard InChI is InChI=1S/C14H24N4/c1-4-5-12-13(15)16-9-17-14(12)18-7-6-10(2)11(3)8-18/h9-11H,4-8H2,1-3H3,(H2,15,16,17).